The molecule has 0 radical (unpaired) electrons. The van der Waals surface area contributed by atoms with Gasteiger partial charge in [0.25, 0.3) is 11.5 Å². The second-order valence-electron chi connectivity index (χ2n) is 10.9. The van der Waals surface area contributed by atoms with Gasteiger partial charge in [0.05, 0.1) is 25.3 Å². The van der Waals surface area contributed by atoms with Gasteiger partial charge in [-0.1, -0.05) is 53.5 Å². The van der Waals surface area contributed by atoms with E-state index in [-0.39, 0.29) is 22.9 Å². The standard InChI is InChI=1S/C27H40N2O5.C8H8F2/c1-7-10-12-19-22(23-20(33-5)13-11-14-21(23)34-6)25(30)24(26(31)28-19)27(32)29(16-8-2)17-15-18(4)9-3;1-2-6-5-7(9)3-4-8(6)10/h11,13-14,18H,7-10,12,15-17H2,1-6H3,(H2,28,30,31);3-5H,2H2,1H3. The number of carbonyl (C=O) groups excluding carboxylic acids is 1. The molecule has 1 heterocycles. The van der Waals surface area contributed by atoms with Gasteiger partial charge in [-0.15, -0.1) is 0 Å². The first-order valence-electron chi connectivity index (χ1n) is 15.5. The molecule has 0 spiro atoms. The molecule has 2 aromatic carbocycles. The number of carbonyl (C=O) groups is 1. The Bertz CT molecular complexity index is 1400. The predicted octanol–water partition coefficient (Wildman–Crippen LogP) is 7.92. The zero-order valence-electron chi connectivity index (χ0n) is 27.2. The molecule has 1 amide bonds. The zero-order chi connectivity index (χ0) is 32.8. The number of rotatable bonds is 14. The number of halogens is 2. The van der Waals surface area contributed by atoms with Gasteiger partial charge in [0.2, 0.25) is 0 Å². The molecular formula is C35H48F2N2O5. The molecule has 1 aromatic heterocycles. The van der Waals surface area contributed by atoms with Gasteiger partial charge >= 0.3 is 0 Å². The summed E-state index contributed by atoms with van der Waals surface area (Å²) in [5.41, 5.74) is 1.08. The molecular weight excluding hydrogens is 566 g/mol. The lowest BCUT2D eigenvalue weighted by molar-refractivity contribution is 0.0741. The summed E-state index contributed by atoms with van der Waals surface area (Å²) < 4.78 is 36.1. The molecule has 44 heavy (non-hydrogen) atoms. The summed E-state index contributed by atoms with van der Waals surface area (Å²) >= 11 is 0. The van der Waals surface area contributed by atoms with Crippen molar-refractivity contribution < 1.29 is 28.2 Å². The number of hydrogen-bond donors (Lipinski definition) is 2. The van der Waals surface area contributed by atoms with Crippen LogP contribution in [0, 0.1) is 17.6 Å². The van der Waals surface area contributed by atoms with Gasteiger partial charge in [-0.2, -0.15) is 0 Å². The monoisotopic (exact) mass is 614 g/mol. The number of aromatic amines is 1. The van der Waals surface area contributed by atoms with Crippen molar-refractivity contribution in [3.8, 4) is 28.4 Å². The average molecular weight is 615 g/mol. The third-order valence-electron chi connectivity index (χ3n) is 7.70. The van der Waals surface area contributed by atoms with Gasteiger partial charge in [0, 0.05) is 18.8 Å². The van der Waals surface area contributed by atoms with E-state index in [1.165, 1.54) is 20.3 Å². The highest BCUT2D eigenvalue weighted by molar-refractivity contribution is 6.00. The molecule has 0 aliphatic heterocycles. The Morgan fingerprint density at radius 3 is 2.16 bits per heavy atom. The van der Waals surface area contributed by atoms with Crippen LogP contribution in [0.5, 0.6) is 17.2 Å². The molecule has 3 rings (SSSR count). The van der Waals surface area contributed by atoms with Crippen LogP contribution in [0.3, 0.4) is 0 Å². The number of benzene rings is 2. The van der Waals surface area contributed by atoms with Crippen LogP contribution in [0.4, 0.5) is 8.78 Å². The van der Waals surface area contributed by atoms with Gasteiger partial charge in [0.15, 0.2) is 0 Å². The quantitative estimate of drug-likeness (QED) is 0.192. The first-order valence-corrected chi connectivity index (χ1v) is 15.5. The number of aromatic nitrogens is 1. The normalized spacial score (nSPS) is 11.4. The van der Waals surface area contributed by atoms with Crippen molar-refractivity contribution in [3.05, 3.63) is 75.2 Å². The first-order chi connectivity index (χ1) is 21.1. The minimum Gasteiger partial charge on any atom is -0.506 e. The maximum absolute atomic E-state index is 13.6. The lowest BCUT2D eigenvalue weighted by Crippen LogP contribution is -2.37. The molecule has 0 fully saturated rings. The van der Waals surface area contributed by atoms with Crippen LogP contribution in [0.1, 0.15) is 88.3 Å². The van der Waals surface area contributed by atoms with E-state index in [4.69, 9.17) is 9.47 Å². The van der Waals surface area contributed by atoms with E-state index in [9.17, 15) is 23.5 Å². The Balaban J connectivity index is 0.000000569. The number of ether oxygens (including phenoxy) is 2. The summed E-state index contributed by atoms with van der Waals surface area (Å²) in [4.78, 5) is 31.3. The number of aromatic hydroxyl groups is 1. The lowest BCUT2D eigenvalue weighted by atomic mass is 9.95. The Kier molecular flexibility index (Phi) is 14.9. The molecule has 9 heteroatoms. The maximum Gasteiger partial charge on any atom is 0.264 e. The van der Waals surface area contributed by atoms with E-state index >= 15 is 0 Å². The van der Waals surface area contributed by atoms with Crippen LogP contribution in [0.25, 0.3) is 11.1 Å². The number of unbranched alkanes of at least 4 members (excludes halogenated alkanes) is 1. The van der Waals surface area contributed by atoms with Crippen LogP contribution >= 0.6 is 0 Å². The molecule has 242 valence electrons. The van der Waals surface area contributed by atoms with Gasteiger partial charge in [-0.3, -0.25) is 9.59 Å². The molecule has 1 unspecified atom stereocenters. The number of amides is 1. The van der Waals surface area contributed by atoms with Crippen molar-refractivity contribution in [1.29, 1.82) is 0 Å². The van der Waals surface area contributed by atoms with Crippen LogP contribution in [0.2, 0.25) is 0 Å². The second-order valence-corrected chi connectivity index (χ2v) is 10.9. The summed E-state index contributed by atoms with van der Waals surface area (Å²) in [5, 5.41) is 11.5. The summed E-state index contributed by atoms with van der Waals surface area (Å²) in [6.07, 6.45) is 5.40. The van der Waals surface area contributed by atoms with Crippen molar-refractivity contribution in [2.24, 2.45) is 5.92 Å². The first kappa shape index (κ1) is 36.3. The third kappa shape index (κ3) is 9.31. The van der Waals surface area contributed by atoms with Gasteiger partial charge in [-0.25, -0.2) is 8.78 Å². The van der Waals surface area contributed by atoms with E-state index in [1.807, 2.05) is 6.92 Å². The van der Waals surface area contributed by atoms with Crippen molar-refractivity contribution in [1.82, 2.24) is 9.88 Å². The summed E-state index contributed by atoms with van der Waals surface area (Å²) in [6.45, 7) is 11.1. The number of methoxy groups -OCH3 is 2. The summed E-state index contributed by atoms with van der Waals surface area (Å²) in [7, 11) is 3.08. The fraction of sp³-hybridized carbons (Fsp3) is 0.486. The van der Waals surface area contributed by atoms with Crippen molar-refractivity contribution in [2.45, 2.75) is 79.6 Å². The number of H-pyrrole nitrogens is 1. The van der Waals surface area contributed by atoms with Crippen molar-refractivity contribution in [2.75, 3.05) is 27.3 Å². The highest BCUT2D eigenvalue weighted by Crippen LogP contribution is 2.44. The lowest BCUT2D eigenvalue weighted by Gasteiger charge is -2.25. The third-order valence-corrected chi connectivity index (χ3v) is 7.70. The summed E-state index contributed by atoms with van der Waals surface area (Å²) in [5.74, 6) is -0.0561. The smallest absolute Gasteiger partial charge is 0.264 e. The Morgan fingerprint density at radius 2 is 1.64 bits per heavy atom. The van der Waals surface area contributed by atoms with Gasteiger partial charge in [-0.05, 0) is 73.9 Å². The van der Waals surface area contributed by atoms with Crippen molar-refractivity contribution >= 4 is 5.91 Å². The minimum atomic E-state index is -0.573. The molecule has 3 aromatic rings. The molecule has 1 atom stereocenters. The largest absolute Gasteiger partial charge is 0.506 e. The number of hydrogen-bond acceptors (Lipinski definition) is 5. The Morgan fingerprint density at radius 1 is 0.977 bits per heavy atom. The van der Waals surface area contributed by atoms with Crippen LogP contribution in [-0.2, 0) is 12.8 Å². The number of aryl methyl sites for hydroxylation is 2. The van der Waals surface area contributed by atoms with E-state index < -0.39 is 11.5 Å². The molecule has 0 saturated carbocycles. The number of nitrogens with one attached hydrogen (secondary N) is 1. The van der Waals surface area contributed by atoms with E-state index in [0.29, 0.717) is 65.7 Å². The molecule has 0 aliphatic carbocycles. The number of pyridine rings is 1. The van der Waals surface area contributed by atoms with Crippen molar-refractivity contribution in [3.63, 3.8) is 0 Å². The minimum absolute atomic E-state index is 0.235. The fourth-order valence-corrected chi connectivity index (χ4v) is 4.88. The molecule has 0 aliphatic rings. The molecule has 2 N–H and O–H groups in total. The maximum atomic E-state index is 13.6. The van der Waals surface area contributed by atoms with E-state index in [2.05, 4.69) is 25.8 Å². The Hall–Kier alpha value is -3.88. The molecule has 0 bridgehead atoms. The highest BCUT2D eigenvalue weighted by Gasteiger charge is 2.29. The number of nitrogens with zero attached hydrogens (tertiary/aromatic N) is 1. The van der Waals surface area contributed by atoms with Crippen LogP contribution in [0.15, 0.2) is 41.2 Å². The highest BCUT2D eigenvalue weighted by atomic mass is 19.1. The Labute approximate surface area is 260 Å². The van der Waals surface area contributed by atoms with Gasteiger partial charge in [0.1, 0.15) is 34.4 Å². The topological polar surface area (TPSA) is 91.9 Å². The SMILES string of the molecule is CCCCc1[nH]c(=O)c(C(=O)N(CCC)CCC(C)CC)c(O)c1-c1c(OC)cccc1OC.CCc1cc(F)ccc1F. The molecule has 7 nitrogen and oxygen atoms in total. The van der Waals surface area contributed by atoms with E-state index in [1.54, 1.807) is 30.0 Å². The average Bonchev–Trinajstić information content (AvgIpc) is 3.02. The summed E-state index contributed by atoms with van der Waals surface area (Å²) in [6, 6.07) is 8.81. The zero-order valence-corrected chi connectivity index (χ0v) is 27.2. The predicted molar refractivity (Wildman–Crippen MR) is 172 cm³/mol. The molecule has 0 saturated heterocycles. The van der Waals surface area contributed by atoms with Gasteiger partial charge < -0.3 is 24.5 Å². The second kappa shape index (κ2) is 18.0. The van der Waals surface area contributed by atoms with Crippen LogP contribution < -0.4 is 15.0 Å². The fourth-order valence-electron chi connectivity index (χ4n) is 4.88. The van der Waals surface area contributed by atoms with Crippen LogP contribution in [-0.4, -0.2) is 48.2 Å². The van der Waals surface area contributed by atoms with E-state index in [0.717, 1.165) is 44.2 Å².